The van der Waals surface area contributed by atoms with Crippen molar-refractivity contribution in [3.8, 4) is 0 Å². The number of hydrogen-bond donors (Lipinski definition) is 2. The summed E-state index contributed by atoms with van der Waals surface area (Å²) in [5, 5.41) is 7.30. The van der Waals surface area contributed by atoms with Crippen molar-refractivity contribution in [1.29, 1.82) is 0 Å². The van der Waals surface area contributed by atoms with Gasteiger partial charge >= 0.3 is 0 Å². The van der Waals surface area contributed by atoms with Gasteiger partial charge in [-0.15, -0.1) is 0 Å². The first-order valence-electron chi connectivity index (χ1n) is 9.15. The summed E-state index contributed by atoms with van der Waals surface area (Å²) in [6.45, 7) is 10.1. The van der Waals surface area contributed by atoms with Gasteiger partial charge in [0.15, 0.2) is 0 Å². The van der Waals surface area contributed by atoms with Crippen LogP contribution in [0.3, 0.4) is 0 Å². The molecule has 0 bridgehead atoms. The van der Waals surface area contributed by atoms with Crippen LogP contribution in [0.4, 0.5) is 11.4 Å². The van der Waals surface area contributed by atoms with Crippen LogP contribution in [-0.2, 0) is 4.79 Å². The molecule has 0 fully saturated rings. The molecule has 2 N–H and O–H groups in total. The van der Waals surface area contributed by atoms with E-state index in [1.54, 1.807) is 6.21 Å². The lowest BCUT2D eigenvalue weighted by Gasteiger charge is -2.20. The Kier molecular flexibility index (Phi) is 8.09. The van der Waals surface area contributed by atoms with Gasteiger partial charge in [0.1, 0.15) is 6.04 Å². The third kappa shape index (κ3) is 6.23. The minimum absolute atomic E-state index is 0.177. The second-order valence-corrected chi connectivity index (χ2v) is 7.57. The molecule has 5 nitrogen and oxygen atoms in total. The van der Waals surface area contributed by atoms with Crippen molar-refractivity contribution in [2.75, 3.05) is 23.3 Å². The summed E-state index contributed by atoms with van der Waals surface area (Å²) in [5.41, 5.74) is 6.79. The molecule has 0 aliphatic carbocycles. The van der Waals surface area contributed by atoms with Crippen molar-refractivity contribution in [1.82, 2.24) is 5.43 Å². The average Bonchev–Trinajstić information content (AvgIpc) is 2.66. The standard InChI is InChI=1S/C21H27IN4O/c1-5-26(6-2)19-10-7-17(8-11-19)14-23-25-21(27)16(4)24-20-12-9-18(22)13-15(20)3/h7-14,16,24H,5-6H2,1-4H3,(H,25,27)/b23-14-/t16-/m0/s1. The minimum Gasteiger partial charge on any atom is -0.374 e. The number of rotatable bonds is 8. The van der Waals surface area contributed by atoms with Crippen molar-refractivity contribution >= 4 is 46.1 Å². The van der Waals surface area contributed by atoms with Gasteiger partial charge in [-0.05, 0) is 91.7 Å². The summed E-state index contributed by atoms with van der Waals surface area (Å²) in [5.74, 6) is -0.177. The lowest BCUT2D eigenvalue weighted by Crippen LogP contribution is -2.35. The van der Waals surface area contributed by atoms with Crippen LogP contribution in [-0.4, -0.2) is 31.3 Å². The highest BCUT2D eigenvalue weighted by molar-refractivity contribution is 14.1. The molecular formula is C21H27IN4O. The zero-order valence-electron chi connectivity index (χ0n) is 16.3. The van der Waals surface area contributed by atoms with E-state index < -0.39 is 0 Å². The van der Waals surface area contributed by atoms with Crippen LogP contribution in [0, 0.1) is 10.5 Å². The lowest BCUT2D eigenvalue weighted by atomic mass is 10.2. The van der Waals surface area contributed by atoms with Crippen molar-refractivity contribution in [3.05, 3.63) is 57.2 Å². The number of hydrogen-bond acceptors (Lipinski definition) is 4. The van der Waals surface area contributed by atoms with Crippen LogP contribution in [0.2, 0.25) is 0 Å². The number of halogens is 1. The van der Waals surface area contributed by atoms with E-state index in [4.69, 9.17) is 0 Å². The first kappa shape index (κ1) is 21.2. The molecule has 0 aliphatic rings. The molecule has 2 aromatic carbocycles. The van der Waals surface area contributed by atoms with Crippen LogP contribution in [0.5, 0.6) is 0 Å². The monoisotopic (exact) mass is 478 g/mol. The molecule has 0 aliphatic heterocycles. The van der Waals surface area contributed by atoms with Gasteiger partial charge in [-0.1, -0.05) is 12.1 Å². The minimum atomic E-state index is -0.383. The molecule has 0 aromatic heterocycles. The van der Waals surface area contributed by atoms with E-state index in [1.807, 2.05) is 38.1 Å². The Balaban J connectivity index is 1.90. The molecule has 2 rings (SSSR count). The Hall–Kier alpha value is -2.09. The third-order valence-corrected chi connectivity index (χ3v) is 5.03. The SMILES string of the molecule is CCN(CC)c1ccc(/C=N\NC(=O)[C@H](C)Nc2ccc(I)cc2C)cc1. The van der Waals surface area contributed by atoms with Gasteiger partial charge in [0.05, 0.1) is 6.21 Å². The topological polar surface area (TPSA) is 56.7 Å². The Bertz CT molecular complexity index is 785. The Morgan fingerprint density at radius 1 is 1.19 bits per heavy atom. The number of amides is 1. The molecule has 6 heteroatoms. The average molecular weight is 478 g/mol. The van der Waals surface area contributed by atoms with Gasteiger partial charge in [-0.25, -0.2) is 5.43 Å². The molecule has 0 radical (unpaired) electrons. The number of nitrogens with one attached hydrogen (secondary N) is 2. The molecule has 2 aromatic rings. The van der Waals surface area contributed by atoms with E-state index in [1.165, 1.54) is 9.26 Å². The van der Waals surface area contributed by atoms with E-state index in [-0.39, 0.29) is 11.9 Å². The van der Waals surface area contributed by atoms with Gasteiger partial charge in [0.2, 0.25) is 0 Å². The number of hydrazone groups is 1. The Labute approximate surface area is 175 Å². The second kappa shape index (κ2) is 10.3. The molecule has 0 saturated heterocycles. The zero-order valence-corrected chi connectivity index (χ0v) is 18.4. The molecule has 27 heavy (non-hydrogen) atoms. The van der Waals surface area contributed by atoms with Crippen molar-refractivity contribution < 1.29 is 4.79 Å². The number of aryl methyl sites for hydroxylation is 1. The quantitative estimate of drug-likeness (QED) is 0.336. The molecule has 0 spiro atoms. The smallest absolute Gasteiger partial charge is 0.262 e. The van der Waals surface area contributed by atoms with E-state index in [2.05, 4.69) is 75.4 Å². The van der Waals surface area contributed by atoms with Gasteiger partial charge in [-0.3, -0.25) is 4.79 Å². The van der Waals surface area contributed by atoms with Crippen LogP contribution in [0.15, 0.2) is 47.6 Å². The number of nitrogens with zero attached hydrogens (tertiary/aromatic N) is 2. The highest BCUT2D eigenvalue weighted by Gasteiger charge is 2.12. The fraction of sp³-hybridized carbons (Fsp3) is 0.333. The normalized spacial score (nSPS) is 12.0. The van der Waals surface area contributed by atoms with E-state index in [9.17, 15) is 4.79 Å². The van der Waals surface area contributed by atoms with Crippen LogP contribution >= 0.6 is 22.6 Å². The summed E-state index contributed by atoms with van der Waals surface area (Å²) in [6, 6.07) is 13.8. The number of benzene rings is 2. The summed E-state index contributed by atoms with van der Waals surface area (Å²) in [7, 11) is 0. The largest absolute Gasteiger partial charge is 0.374 e. The predicted molar refractivity (Wildman–Crippen MR) is 123 cm³/mol. The fourth-order valence-corrected chi connectivity index (χ4v) is 3.36. The van der Waals surface area contributed by atoms with E-state index >= 15 is 0 Å². The van der Waals surface area contributed by atoms with Crippen LogP contribution < -0.4 is 15.6 Å². The molecule has 144 valence electrons. The number of anilines is 2. The molecule has 1 atom stereocenters. The molecular weight excluding hydrogens is 451 g/mol. The van der Waals surface area contributed by atoms with Crippen molar-refractivity contribution in [3.63, 3.8) is 0 Å². The predicted octanol–water partition coefficient (Wildman–Crippen LogP) is 4.40. The summed E-state index contributed by atoms with van der Waals surface area (Å²) in [6.07, 6.45) is 1.66. The summed E-state index contributed by atoms with van der Waals surface area (Å²) in [4.78, 5) is 14.5. The fourth-order valence-electron chi connectivity index (χ4n) is 2.72. The molecule has 0 heterocycles. The van der Waals surface area contributed by atoms with E-state index in [0.29, 0.717) is 0 Å². The Morgan fingerprint density at radius 2 is 1.85 bits per heavy atom. The Morgan fingerprint density at radius 3 is 2.44 bits per heavy atom. The lowest BCUT2D eigenvalue weighted by molar-refractivity contribution is -0.121. The summed E-state index contributed by atoms with van der Waals surface area (Å²) < 4.78 is 1.17. The maximum Gasteiger partial charge on any atom is 0.262 e. The maximum atomic E-state index is 12.2. The van der Waals surface area contributed by atoms with Gasteiger partial charge < -0.3 is 10.2 Å². The highest BCUT2D eigenvalue weighted by Crippen LogP contribution is 2.18. The van der Waals surface area contributed by atoms with Gasteiger partial charge in [0, 0.05) is 28.0 Å². The maximum absolute atomic E-state index is 12.2. The number of carbonyl (C=O) groups excluding carboxylic acids is 1. The van der Waals surface area contributed by atoms with Crippen molar-refractivity contribution in [2.45, 2.75) is 33.7 Å². The third-order valence-electron chi connectivity index (χ3n) is 4.36. The zero-order chi connectivity index (χ0) is 19.8. The first-order valence-corrected chi connectivity index (χ1v) is 10.2. The molecule has 0 unspecified atom stereocenters. The first-order chi connectivity index (χ1) is 12.9. The molecule has 0 saturated carbocycles. The highest BCUT2D eigenvalue weighted by atomic mass is 127. The van der Waals surface area contributed by atoms with Gasteiger partial charge in [0.25, 0.3) is 5.91 Å². The second-order valence-electron chi connectivity index (χ2n) is 6.32. The molecule has 1 amide bonds. The van der Waals surface area contributed by atoms with Crippen molar-refractivity contribution in [2.24, 2.45) is 5.10 Å². The van der Waals surface area contributed by atoms with Crippen LogP contribution in [0.25, 0.3) is 0 Å². The van der Waals surface area contributed by atoms with Gasteiger partial charge in [-0.2, -0.15) is 5.10 Å². The van der Waals surface area contributed by atoms with Crippen LogP contribution in [0.1, 0.15) is 31.9 Å². The summed E-state index contributed by atoms with van der Waals surface area (Å²) >= 11 is 2.27. The number of carbonyl (C=O) groups is 1. The van der Waals surface area contributed by atoms with E-state index in [0.717, 1.165) is 29.9 Å².